The fourth-order valence-electron chi connectivity index (χ4n) is 3.87. The van der Waals surface area contributed by atoms with Gasteiger partial charge in [-0.1, -0.05) is 18.2 Å². The molecule has 3 heterocycles. The molecule has 0 aliphatic carbocycles. The summed E-state index contributed by atoms with van der Waals surface area (Å²) in [5, 5.41) is 12.2. The highest BCUT2D eigenvalue weighted by Gasteiger charge is 2.20. The van der Waals surface area contributed by atoms with Crippen LogP contribution in [0.5, 0.6) is 0 Å². The van der Waals surface area contributed by atoms with Crippen LogP contribution in [0.4, 0.5) is 5.69 Å². The maximum Gasteiger partial charge on any atom is 0.194 e. The van der Waals surface area contributed by atoms with Crippen LogP contribution >= 0.6 is 24.0 Å². The Morgan fingerprint density at radius 2 is 1.82 bits per heavy atom. The number of guanidine groups is 1. The molecule has 0 atom stereocenters. The van der Waals surface area contributed by atoms with Gasteiger partial charge in [-0.3, -0.25) is 0 Å². The monoisotopic (exact) mass is 495 g/mol. The fraction of sp³-hybridized carbons (Fsp3) is 0.550. The van der Waals surface area contributed by atoms with Gasteiger partial charge in [0.15, 0.2) is 11.8 Å². The van der Waals surface area contributed by atoms with Crippen molar-refractivity contribution in [1.82, 2.24) is 25.0 Å². The van der Waals surface area contributed by atoms with E-state index < -0.39 is 0 Å². The summed E-state index contributed by atoms with van der Waals surface area (Å²) in [6.07, 6.45) is 3.47. The highest BCUT2D eigenvalue weighted by Crippen LogP contribution is 2.17. The second kappa shape index (κ2) is 10.1. The molecule has 2 aromatic rings. The molecule has 152 valence electrons. The third-order valence-corrected chi connectivity index (χ3v) is 5.34. The van der Waals surface area contributed by atoms with Gasteiger partial charge in [-0.25, -0.2) is 4.99 Å². The summed E-state index contributed by atoms with van der Waals surface area (Å²) in [6.45, 7) is 8.57. The van der Waals surface area contributed by atoms with E-state index in [-0.39, 0.29) is 24.0 Å². The minimum Gasteiger partial charge on any atom is -0.368 e. The number of benzene rings is 1. The molecule has 4 rings (SSSR count). The van der Waals surface area contributed by atoms with Crippen molar-refractivity contribution in [3.63, 3.8) is 0 Å². The molecular weight excluding hydrogens is 465 g/mol. The number of rotatable bonds is 4. The summed E-state index contributed by atoms with van der Waals surface area (Å²) in [5.41, 5.74) is 1.30. The predicted molar refractivity (Wildman–Crippen MR) is 123 cm³/mol. The number of aromatic nitrogens is 3. The first-order chi connectivity index (χ1) is 13.3. The molecule has 0 amide bonds. The summed E-state index contributed by atoms with van der Waals surface area (Å²) in [4.78, 5) is 9.67. The van der Waals surface area contributed by atoms with Crippen molar-refractivity contribution in [3.05, 3.63) is 42.0 Å². The van der Waals surface area contributed by atoms with Gasteiger partial charge in [0, 0.05) is 51.4 Å². The van der Waals surface area contributed by atoms with Crippen molar-refractivity contribution in [2.45, 2.75) is 39.3 Å². The van der Waals surface area contributed by atoms with Crippen molar-refractivity contribution >= 4 is 35.6 Å². The Labute approximate surface area is 184 Å². The molecule has 2 aliphatic heterocycles. The second-order valence-corrected chi connectivity index (χ2v) is 7.12. The zero-order chi connectivity index (χ0) is 18.5. The molecule has 8 heteroatoms. The smallest absolute Gasteiger partial charge is 0.194 e. The maximum absolute atomic E-state index is 4.88. The quantitative estimate of drug-likeness (QED) is 0.402. The lowest BCUT2D eigenvalue weighted by atomic mass is 10.2. The van der Waals surface area contributed by atoms with E-state index in [2.05, 4.69) is 67.1 Å². The van der Waals surface area contributed by atoms with Crippen LogP contribution in [0, 0.1) is 0 Å². The van der Waals surface area contributed by atoms with E-state index in [1.54, 1.807) is 0 Å². The molecule has 1 saturated heterocycles. The summed E-state index contributed by atoms with van der Waals surface area (Å²) in [5.74, 6) is 3.09. The van der Waals surface area contributed by atoms with E-state index in [1.807, 2.05) is 0 Å². The van der Waals surface area contributed by atoms with Crippen LogP contribution in [-0.2, 0) is 19.5 Å². The average molecular weight is 495 g/mol. The van der Waals surface area contributed by atoms with Crippen LogP contribution in [0.15, 0.2) is 35.3 Å². The van der Waals surface area contributed by atoms with E-state index >= 15 is 0 Å². The number of fused-ring (bicyclic) bond motifs is 1. The number of nitrogens with zero attached hydrogens (tertiary/aromatic N) is 6. The van der Waals surface area contributed by atoms with Crippen LogP contribution < -0.4 is 10.2 Å². The highest BCUT2D eigenvalue weighted by molar-refractivity contribution is 14.0. The third kappa shape index (κ3) is 4.76. The number of piperazine rings is 1. The van der Waals surface area contributed by atoms with E-state index in [4.69, 9.17) is 4.99 Å². The van der Waals surface area contributed by atoms with Crippen LogP contribution in [0.25, 0.3) is 0 Å². The number of hydrogen-bond acceptors (Lipinski definition) is 4. The number of anilines is 1. The van der Waals surface area contributed by atoms with Crippen molar-refractivity contribution in [3.8, 4) is 0 Å². The molecule has 0 bridgehead atoms. The molecule has 1 N–H and O–H groups in total. The highest BCUT2D eigenvalue weighted by atomic mass is 127. The predicted octanol–water partition coefficient (Wildman–Crippen LogP) is 2.52. The van der Waals surface area contributed by atoms with Crippen LogP contribution in [-0.4, -0.2) is 58.3 Å². The van der Waals surface area contributed by atoms with Gasteiger partial charge in [0.2, 0.25) is 0 Å². The maximum atomic E-state index is 4.88. The number of para-hydroxylation sites is 1. The van der Waals surface area contributed by atoms with Crippen molar-refractivity contribution in [2.24, 2.45) is 4.99 Å². The minimum atomic E-state index is 0. The molecular formula is C20H30IN7. The van der Waals surface area contributed by atoms with Gasteiger partial charge >= 0.3 is 0 Å². The molecule has 0 saturated carbocycles. The standard InChI is InChI=1S/C20H29N7.HI/c1-2-21-20(22-16-19-24-23-18-10-6-7-11-27(18)19)26-14-12-25(13-15-26)17-8-4-3-5-9-17;/h3-5,8-9H,2,6-7,10-16H2,1H3,(H,21,22);1H. The van der Waals surface area contributed by atoms with Gasteiger partial charge in [0.05, 0.1) is 0 Å². The van der Waals surface area contributed by atoms with Crippen LogP contribution in [0.3, 0.4) is 0 Å². The number of aliphatic imine (C=N–C) groups is 1. The first kappa shape index (κ1) is 20.9. The largest absolute Gasteiger partial charge is 0.368 e. The fourth-order valence-corrected chi connectivity index (χ4v) is 3.87. The van der Waals surface area contributed by atoms with Crippen LogP contribution in [0.1, 0.15) is 31.4 Å². The Bertz CT molecular complexity index is 766. The number of halogens is 1. The Balaban J connectivity index is 0.00000225. The number of nitrogens with one attached hydrogen (secondary N) is 1. The molecule has 1 fully saturated rings. The number of aryl methyl sites for hydroxylation is 1. The Kier molecular flexibility index (Phi) is 7.52. The molecule has 0 spiro atoms. The van der Waals surface area contributed by atoms with Gasteiger partial charge in [0.25, 0.3) is 0 Å². The zero-order valence-corrected chi connectivity index (χ0v) is 18.9. The van der Waals surface area contributed by atoms with Gasteiger partial charge in [0.1, 0.15) is 12.4 Å². The average Bonchev–Trinajstić information content (AvgIpc) is 3.15. The Hall–Kier alpha value is -1.84. The minimum absolute atomic E-state index is 0. The Morgan fingerprint density at radius 3 is 2.57 bits per heavy atom. The molecule has 28 heavy (non-hydrogen) atoms. The molecule has 0 unspecified atom stereocenters. The summed E-state index contributed by atoms with van der Waals surface area (Å²) >= 11 is 0. The second-order valence-electron chi connectivity index (χ2n) is 7.12. The number of hydrogen-bond donors (Lipinski definition) is 1. The summed E-state index contributed by atoms with van der Waals surface area (Å²) in [7, 11) is 0. The van der Waals surface area contributed by atoms with Gasteiger partial charge in [-0.15, -0.1) is 34.2 Å². The zero-order valence-electron chi connectivity index (χ0n) is 16.5. The van der Waals surface area contributed by atoms with Crippen molar-refractivity contribution in [2.75, 3.05) is 37.6 Å². The molecule has 0 radical (unpaired) electrons. The van der Waals surface area contributed by atoms with Gasteiger partial charge < -0.3 is 19.7 Å². The molecule has 2 aliphatic rings. The van der Waals surface area contributed by atoms with Crippen molar-refractivity contribution in [1.29, 1.82) is 0 Å². The molecule has 7 nitrogen and oxygen atoms in total. The van der Waals surface area contributed by atoms with E-state index in [1.165, 1.54) is 18.5 Å². The summed E-state index contributed by atoms with van der Waals surface area (Å²) in [6, 6.07) is 10.6. The SMILES string of the molecule is CCNC(=NCc1nnc2n1CCCC2)N1CCN(c2ccccc2)CC1.I. The normalized spacial score (nSPS) is 17.1. The Morgan fingerprint density at radius 1 is 1.04 bits per heavy atom. The topological polar surface area (TPSA) is 61.6 Å². The van der Waals surface area contributed by atoms with Gasteiger partial charge in [-0.2, -0.15) is 0 Å². The first-order valence-corrected chi connectivity index (χ1v) is 10.1. The lowest BCUT2D eigenvalue weighted by Gasteiger charge is -2.37. The summed E-state index contributed by atoms with van der Waals surface area (Å²) < 4.78 is 2.25. The third-order valence-electron chi connectivity index (χ3n) is 5.34. The lowest BCUT2D eigenvalue weighted by Crippen LogP contribution is -2.52. The molecule has 1 aromatic carbocycles. The van der Waals surface area contributed by atoms with E-state index in [9.17, 15) is 0 Å². The lowest BCUT2D eigenvalue weighted by molar-refractivity contribution is 0.372. The van der Waals surface area contributed by atoms with Crippen LogP contribution in [0.2, 0.25) is 0 Å². The van der Waals surface area contributed by atoms with Gasteiger partial charge in [-0.05, 0) is 31.9 Å². The van der Waals surface area contributed by atoms with E-state index in [0.29, 0.717) is 6.54 Å². The first-order valence-electron chi connectivity index (χ1n) is 10.1. The van der Waals surface area contributed by atoms with Crippen molar-refractivity contribution < 1.29 is 0 Å². The van der Waals surface area contributed by atoms with E-state index in [0.717, 1.165) is 63.3 Å². The molecule has 1 aromatic heterocycles.